The standard InChI is InChI=1S/C27H28FN5O3S.H2S/c1-17-24(28)25(33-37(2,34)35)19-8-3-4-9-20(19)26(17)36-27-21(10-6-13-31-27)22-11-14-30-23(32-22)15-18-7-5-12-29-16-18;/h3-4,6,8-11,13-14,18,29,33H,5,7,12,15-16H2,1-2H3;1H2/t18-;/m1./s1. The molecule has 5 rings (SSSR count). The molecule has 1 saturated heterocycles. The zero-order chi connectivity index (χ0) is 26.0. The molecule has 4 aromatic rings. The van der Waals surface area contributed by atoms with Crippen molar-refractivity contribution >= 4 is 40.0 Å². The zero-order valence-electron chi connectivity index (χ0n) is 21.2. The van der Waals surface area contributed by atoms with Crippen LogP contribution in [0.3, 0.4) is 0 Å². The summed E-state index contributed by atoms with van der Waals surface area (Å²) in [5.41, 5.74) is 1.36. The molecule has 1 aliphatic heterocycles. The van der Waals surface area contributed by atoms with E-state index in [-0.39, 0.29) is 36.4 Å². The van der Waals surface area contributed by atoms with Crippen molar-refractivity contribution in [1.29, 1.82) is 0 Å². The number of hydrogen-bond donors (Lipinski definition) is 2. The van der Waals surface area contributed by atoms with Gasteiger partial charge in [-0.3, -0.25) is 4.72 Å². The lowest BCUT2D eigenvalue weighted by Crippen LogP contribution is -2.31. The molecular weight excluding hydrogens is 525 g/mol. The van der Waals surface area contributed by atoms with E-state index in [0.717, 1.165) is 44.4 Å². The van der Waals surface area contributed by atoms with E-state index in [1.54, 1.807) is 55.7 Å². The summed E-state index contributed by atoms with van der Waals surface area (Å²) < 4.78 is 47.9. The fourth-order valence-electron chi connectivity index (χ4n) is 4.69. The summed E-state index contributed by atoms with van der Waals surface area (Å²) in [5, 5.41) is 4.36. The first-order valence-electron chi connectivity index (χ1n) is 12.1. The van der Waals surface area contributed by atoms with E-state index in [1.807, 2.05) is 6.07 Å². The summed E-state index contributed by atoms with van der Waals surface area (Å²) in [5.74, 6) is 1.06. The highest BCUT2D eigenvalue weighted by Crippen LogP contribution is 2.41. The average Bonchev–Trinajstić information content (AvgIpc) is 2.89. The molecular formula is C27H30FN5O3S2. The van der Waals surface area contributed by atoms with E-state index in [9.17, 15) is 8.42 Å². The lowest BCUT2D eigenvalue weighted by Gasteiger charge is -2.22. The van der Waals surface area contributed by atoms with E-state index in [2.05, 4.69) is 20.0 Å². The van der Waals surface area contributed by atoms with Gasteiger partial charge < -0.3 is 10.1 Å². The number of ether oxygens (including phenoxy) is 1. The summed E-state index contributed by atoms with van der Waals surface area (Å²) in [7, 11) is -3.70. The van der Waals surface area contributed by atoms with Crippen LogP contribution in [-0.4, -0.2) is 42.7 Å². The minimum Gasteiger partial charge on any atom is -0.437 e. The summed E-state index contributed by atoms with van der Waals surface area (Å²) in [6.07, 6.45) is 7.39. The Morgan fingerprint density at radius 2 is 1.89 bits per heavy atom. The Hall–Kier alpha value is -3.28. The first kappa shape index (κ1) is 27.7. The maximum absolute atomic E-state index is 15.5. The summed E-state index contributed by atoms with van der Waals surface area (Å²) in [6.45, 7) is 3.55. The lowest BCUT2D eigenvalue weighted by molar-refractivity contribution is 0.370. The molecule has 0 saturated carbocycles. The minimum absolute atomic E-state index is 0. The molecule has 0 spiro atoms. The van der Waals surface area contributed by atoms with Crippen LogP contribution in [0.2, 0.25) is 0 Å². The number of pyridine rings is 1. The topological polar surface area (TPSA) is 106 Å². The van der Waals surface area contributed by atoms with Gasteiger partial charge in [-0.15, -0.1) is 0 Å². The number of sulfonamides is 1. The van der Waals surface area contributed by atoms with Crippen molar-refractivity contribution in [2.45, 2.75) is 26.2 Å². The van der Waals surface area contributed by atoms with Gasteiger partial charge in [-0.25, -0.2) is 27.8 Å². The van der Waals surface area contributed by atoms with Gasteiger partial charge in [-0.05, 0) is 57.0 Å². The molecule has 1 aliphatic rings. The highest BCUT2D eigenvalue weighted by atomic mass is 32.2. The Labute approximate surface area is 228 Å². The van der Waals surface area contributed by atoms with Crippen LogP contribution in [0, 0.1) is 18.7 Å². The van der Waals surface area contributed by atoms with Gasteiger partial charge in [0, 0.05) is 35.2 Å². The molecule has 0 radical (unpaired) electrons. The second kappa shape index (κ2) is 11.6. The van der Waals surface area contributed by atoms with Crippen LogP contribution >= 0.6 is 13.5 Å². The number of piperidine rings is 1. The third-order valence-electron chi connectivity index (χ3n) is 6.44. The number of benzene rings is 2. The van der Waals surface area contributed by atoms with Crippen LogP contribution in [0.15, 0.2) is 54.9 Å². The van der Waals surface area contributed by atoms with Gasteiger partial charge >= 0.3 is 0 Å². The molecule has 200 valence electrons. The molecule has 0 unspecified atom stereocenters. The Kier molecular flexibility index (Phi) is 8.49. The molecule has 8 nitrogen and oxygen atoms in total. The van der Waals surface area contributed by atoms with E-state index in [4.69, 9.17) is 9.72 Å². The third kappa shape index (κ3) is 6.06. The van der Waals surface area contributed by atoms with Crippen LogP contribution < -0.4 is 14.8 Å². The highest BCUT2D eigenvalue weighted by molar-refractivity contribution is 7.92. The first-order chi connectivity index (χ1) is 17.8. The molecule has 1 atom stereocenters. The quantitative estimate of drug-likeness (QED) is 0.332. The average molecular weight is 556 g/mol. The third-order valence-corrected chi connectivity index (χ3v) is 7.01. The van der Waals surface area contributed by atoms with Crippen molar-refractivity contribution < 1.29 is 17.5 Å². The van der Waals surface area contributed by atoms with Crippen LogP contribution in [-0.2, 0) is 16.4 Å². The van der Waals surface area contributed by atoms with Crippen LogP contribution in [0.5, 0.6) is 11.6 Å². The van der Waals surface area contributed by atoms with Crippen molar-refractivity contribution in [3.05, 3.63) is 72.1 Å². The summed E-state index contributed by atoms with van der Waals surface area (Å²) >= 11 is 0. The summed E-state index contributed by atoms with van der Waals surface area (Å²) in [6, 6.07) is 12.3. The number of anilines is 1. The number of halogens is 1. The number of aromatic nitrogens is 3. The maximum Gasteiger partial charge on any atom is 0.229 e. The second-order valence-electron chi connectivity index (χ2n) is 9.30. The van der Waals surface area contributed by atoms with E-state index in [0.29, 0.717) is 27.9 Å². The number of hydrogen-bond acceptors (Lipinski definition) is 7. The van der Waals surface area contributed by atoms with Crippen molar-refractivity contribution in [1.82, 2.24) is 20.3 Å². The van der Waals surface area contributed by atoms with E-state index < -0.39 is 15.8 Å². The highest BCUT2D eigenvalue weighted by Gasteiger charge is 2.22. The Morgan fingerprint density at radius 3 is 2.63 bits per heavy atom. The number of nitrogens with one attached hydrogen (secondary N) is 2. The van der Waals surface area contributed by atoms with Crippen LogP contribution in [0.4, 0.5) is 10.1 Å². The largest absolute Gasteiger partial charge is 0.437 e. The molecule has 2 aromatic carbocycles. The SMILES string of the molecule is Cc1c(F)c(NS(C)(=O)=O)c2ccccc2c1Oc1ncccc1-c1ccnc(C[C@H]2CCCNC2)n1.S. The van der Waals surface area contributed by atoms with Gasteiger partial charge in [0.1, 0.15) is 11.6 Å². The van der Waals surface area contributed by atoms with Gasteiger partial charge in [0.2, 0.25) is 15.9 Å². The maximum atomic E-state index is 15.5. The Balaban J connectivity index is 0.00000336. The summed E-state index contributed by atoms with van der Waals surface area (Å²) in [4.78, 5) is 13.7. The Morgan fingerprint density at radius 1 is 1.11 bits per heavy atom. The van der Waals surface area contributed by atoms with Crippen molar-refractivity contribution in [2.24, 2.45) is 5.92 Å². The lowest BCUT2D eigenvalue weighted by atomic mass is 9.96. The minimum atomic E-state index is -3.70. The molecule has 0 aliphatic carbocycles. The second-order valence-corrected chi connectivity index (χ2v) is 11.0. The number of fused-ring (bicyclic) bond motifs is 1. The van der Waals surface area contributed by atoms with Crippen molar-refractivity contribution in [2.75, 3.05) is 24.1 Å². The molecule has 2 aromatic heterocycles. The molecule has 0 amide bonds. The van der Waals surface area contributed by atoms with E-state index in [1.165, 1.54) is 0 Å². The van der Waals surface area contributed by atoms with Crippen LogP contribution in [0.1, 0.15) is 24.2 Å². The smallest absolute Gasteiger partial charge is 0.229 e. The van der Waals surface area contributed by atoms with Gasteiger partial charge in [-0.1, -0.05) is 24.3 Å². The van der Waals surface area contributed by atoms with Crippen molar-refractivity contribution in [3.63, 3.8) is 0 Å². The fraction of sp³-hybridized carbons (Fsp3) is 0.296. The Bertz CT molecular complexity index is 1560. The number of rotatable bonds is 7. The molecule has 0 bridgehead atoms. The zero-order valence-corrected chi connectivity index (χ0v) is 23.0. The predicted octanol–water partition coefficient (Wildman–Crippen LogP) is 4.96. The van der Waals surface area contributed by atoms with Gasteiger partial charge in [-0.2, -0.15) is 13.5 Å². The monoisotopic (exact) mass is 555 g/mol. The normalized spacial score (nSPS) is 15.6. The molecule has 1 fully saturated rings. The van der Waals surface area contributed by atoms with E-state index >= 15 is 4.39 Å². The van der Waals surface area contributed by atoms with Gasteiger partial charge in [0.15, 0.2) is 5.82 Å². The van der Waals surface area contributed by atoms with Crippen LogP contribution in [0.25, 0.3) is 22.0 Å². The van der Waals surface area contributed by atoms with Gasteiger partial charge in [0.25, 0.3) is 0 Å². The molecule has 38 heavy (non-hydrogen) atoms. The fourth-order valence-corrected chi connectivity index (χ4v) is 5.26. The molecule has 2 N–H and O–H groups in total. The molecule has 3 heterocycles. The van der Waals surface area contributed by atoms with Gasteiger partial charge in [0.05, 0.1) is 23.2 Å². The molecule has 11 heteroatoms. The predicted molar refractivity (Wildman–Crippen MR) is 152 cm³/mol. The van der Waals surface area contributed by atoms with Crippen molar-refractivity contribution in [3.8, 4) is 22.9 Å². The number of nitrogens with zero attached hydrogens (tertiary/aromatic N) is 3. The first-order valence-corrected chi connectivity index (χ1v) is 14.0.